The summed E-state index contributed by atoms with van der Waals surface area (Å²) in [6.07, 6.45) is 0. The lowest BCUT2D eigenvalue weighted by Crippen LogP contribution is -2.17. The smallest absolute Gasteiger partial charge is 0.203 e. The third-order valence-corrected chi connectivity index (χ3v) is 4.21. The fraction of sp³-hybridized carbons (Fsp3) is 0.300. The van der Waals surface area contributed by atoms with Crippen LogP contribution in [0, 0.1) is 0 Å². The van der Waals surface area contributed by atoms with Crippen LogP contribution < -0.4 is 19.5 Å². The highest BCUT2D eigenvalue weighted by Crippen LogP contribution is 2.38. The summed E-state index contributed by atoms with van der Waals surface area (Å²) in [7, 11) is 4.83. The van der Waals surface area contributed by atoms with Crippen LogP contribution in [-0.2, 0) is 6.54 Å². The average Bonchev–Trinajstić information content (AvgIpc) is 3.09. The summed E-state index contributed by atoms with van der Waals surface area (Å²) in [4.78, 5) is 0. The third kappa shape index (κ3) is 3.56. The zero-order valence-electron chi connectivity index (χ0n) is 15.0. The molecule has 0 fully saturated rings. The van der Waals surface area contributed by atoms with Crippen LogP contribution in [0.3, 0.4) is 0 Å². The predicted molar refractivity (Wildman–Crippen MR) is 97.6 cm³/mol. The standard InChI is InChI=1S/C20H23NO4/c1-13(17-11-15-7-5-6-8-16(15)25-17)21-12-14-9-18(22-2)20(24-4)19(10-14)23-3/h5-11,13,21H,12H2,1-4H3/t13-/m0/s1. The fourth-order valence-electron chi connectivity index (χ4n) is 2.82. The largest absolute Gasteiger partial charge is 0.493 e. The second-order valence-electron chi connectivity index (χ2n) is 5.82. The number of nitrogens with one attached hydrogen (secondary N) is 1. The summed E-state index contributed by atoms with van der Waals surface area (Å²) < 4.78 is 22.1. The molecule has 2 aromatic carbocycles. The number of furan rings is 1. The molecule has 0 aliphatic rings. The summed E-state index contributed by atoms with van der Waals surface area (Å²) >= 11 is 0. The molecule has 0 spiro atoms. The SMILES string of the molecule is COc1cc(CN[C@@H](C)c2cc3ccccc3o2)cc(OC)c1OC. The highest BCUT2D eigenvalue weighted by Gasteiger charge is 2.15. The Labute approximate surface area is 147 Å². The van der Waals surface area contributed by atoms with E-state index < -0.39 is 0 Å². The van der Waals surface area contributed by atoms with Gasteiger partial charge in [0.05, 0.1) is 27.4 Å². The van der Waals surface area contributed by atoms with E-state index in [9.17, 15) is 0 Å². The van der Waals surface area contributed by atoms with E-state index in [1.807, 2.05) is 36.4 Å². The van der Waals surface area contributed by atoms with E-state index in [2.05, 4.69) is 18.3 Å². The van der Waals surface area contributed by atoms with Gasteiger partial charge in [-0.3, -0.25) is 0 Å². The maximum atomic E-state index is 5.91. The molecule has 1 aromatic heterocycles. The highest BCUT2D eigenvalue weighted by atomic mass is 16.5. The minimum absolute atomic E-state index is 0.0755. The number of methoxy groups -OCH3 is 3. The Morgan fingerprint density at radius 2 is 1.64 bits per heavy atom. The van der Waals surface area contributed by atoms with Crippen LogP contribution in [0.25, 0.3) is 11.0 Å². The number of rotatable bonds is 7. The quantitative estimate of drug-likeness (QED) is 0.694. The molecule has 0 aliphatic heterocycles. The Kier molecular flexibility index (Phi) is 5.14. The van der Waals surface area contributed by atoms with Crippen molar-refractivity contribution in [2.45, 2.75) is 19.5 Å². The Balaban J connectivity index is 1.76. The Morgan fingerprint density at radius 1 is 0.960 bits per heavy atom. The molecule has 3 aromatic rings. The van der Waals surface area contributed by atoms with Crippen molar-refractivity contribution >= 4 is 11.0 Å². The first-order chi connectivity index (χ1) is 12.2. The normalized spacial score (nSPS) is 12.2. The first-order valence-corrected chi connectivity index (χ1v) is 8.17. The molecule has 1 heterocycles. The van der Waals surface area contributed by atoms with Gasteiger partial charge in [0, 0.05) is 11.9 Å². The van der Waals surface area contributed by atoms with Crippen LogP contribution in [0.1, 0.15) is 24.3 Å². The molecule has 0 unspecified atom stereocenters. The maximum absolute atomic E-state index is 5.91. The molecule has 0 radical (unpaired) electrons. The summed E-state index contributed by atoms with van der Waals surface area (Å²) in [6.45, 7) is 2.73. The van der Waals surface area contributed by atoms with Gasteiger partial charge in [-0.1, -0.05) is 18.2 Å². The minimum atomic E-state index is 0.0755. The van der Waals surface area contributed by atoms with Crippen LogP contribution in [0.2, 0.25) is 0 Å². The zero-order valence-corrected chi connectivity index (χ0v) is 15.0. The van der Waals surface area contributed by atoms with Crippen LogP contribution >= 0.6 is 0 Å². The van der Waals surface area contributed by atoms with Crippen LogP contribution in [0.4, 0.5) is 0 Å². The number of benzene rings is 2. The average molecular weight is 341 g/mol. The lowest BCUT2D eigenvalue weighted by molar-refractivity contribution is 0.323. The van der Waals surface area contributed by atoms with Crippen LogP contribution in [0.5, 0.6) is 17.2 Å². The third-order valence-electron chi connectivity index (χ3n) is 4.21. The molecule has 1 atom stereocenters. The van der Waals surface area contributed by atoms with Crippen molar-refractivity contribution in [1.82, 2.24) is 5.32 Å². The summed E-state index contributed by atoms with van der Waals surface area (Å²) in [6, 6.07) is 14.0. The first kappa shape index (κ1) is 17.2. The second-order valence-corrected chi connectivity index (χ2v) is 5.82. The molecular weight excluding hydrogens is 318 g/mol. The van der Waals surface area contributed by atoms with Crippen molar-refractivity contribution in [2.75, 3.05) is 21.3 Å². The molecule has 5 heteroatoms. The number of hydrogen-bond donors (Lipinski definition) is 1. The van der Waals surface area contributed by atoms with E-state index in [1.165, 1.54) is 0 Å². The number of hydrogen-bond acceptors (Lipinski definition) is 5. The van der Waals surface area contributed by atoms with E-state index in [-0.39, 0.29) is 6.04 Å². The molecule has 3 rings (SSSR count). The van der Waals surface area contributed by atoms with E-state index in [1.54, 1.807) is 21.3 Å². The number of fused-ring (bicyclic) bond motifs is 1. The maximum Gasteiger partial charge on any atom is 0.203 e. The molecule has 1 N–H and O–H groups in total. The van der Waals surface area contributed by atoms with Gasteiger partial charge < -0.3 is 23.9 Å². The predicted octanol–water partition coefficient (Wildman–Crippen LogP) is 4.31. The summed E-state index contributed by atoms with van der Waals surface area (Å²) in [5.74, 6) is 2.80. The fourth-order valence-corrected chi connectivity index (χ4v) is 2.82. The van der Waals surface area contributed by atoms with Crippen molar-refractivity contribution < 1.29 is 18.6 Å². The topological polar surface area (TPSA) is 52.9 Å². The van der Waals surface area contributed by atoms with Crippen LogP contribution in [-0.4, -0.2) is 21.3 Å². The molecule has 0 amide bonds. The van der Waals surface area contributed by atoms with Gasteiger partial charge in [-0.05, 0) is 36.8 Å². The van der Waals surface area contributed by atoms with Gasteiger partial charge in [-0.2, -0.15) is 0 Å². The summed E-state index contributed by atoms with van der Waals surface area (Å²) in [5.41, 5.74) is 1.94. The van der Waals surface area contributed by atoms with Gasteiger partial charge in [-0.15, -0.1) is 0 Å². The number of para-hydroxylation sites is 1. The molecule has 0 aliphatic carbocycles. The zero-order chi connectivity index (χ0) is 17.8. The van der Waals surface area contributed by atoms with Crippen molar-refractivity contribution in [3.63, 3.8) is 0 Å². The van der Waals surface area contributed by atoms with Gasteiger partial charge in [0.2, 0.25) is 5.75 Å². The molecule has 0 bridgehead atoms. The monoisotopic (exact) mass is 341 g/mol. The van der Waals surface area contributed by atoms with Gasteiger partial charge in [-0.25, -0.2) is 0 Å². The van der Waals surface area contributed by atoms with Gasteiger partial charge in [0.1, 0.15) is 11.3 Å². The van der Waals surface area contributed by atoms with E-state index in [0.29, 0.717) is 23.8 Å². The molecule has 0 saturated carbocycles. The Hall–Kier alpha value is -2.66. The molecule has 25 heavy (non-hydrogen) atoms. The van der Waals surface area contributed by atoms with Crippen LogP contribution in [0.15, 0.2) is 46.9 Å². The highest BCUT2D eigenvalue weighted by molar-refractivity contribution is 5.77. The number of ether oxygens (including phenoxy) is 3. The second kappa shape index (κ2) is 7.49. The van der Waals surface area contributed by atoms with E-state index in [4.69, 9.17) is 18.6 Å². The van der Waals surface area contributed by atoms with E-state index >= 15 is 0 Å². The van der Waals surface area contributed by atoms with Gasteiger partial charge >= 0.3 is 0 Å². The lowest BCUT2D eigenvalue weighted by atomic mass is 10.1. The Bertz CT molecular complexity index is 798. The van der Waals surface area contributed by atoms with Crippen molar-refractivity contribution in [3.05, 3.63) is 53.8 Å². The first-order valence-electron chi connectivity index (χ1n) is 8.17. The minimum Gasteiger partial charge on any atom is -0.493 e. The van der Waals surface area contributed by atoms with E-state index in [0.717, 1.165) is 22.3 Å². The van der Waals surface area contributed by atoms with Crippen molar-refractivity contribution in [3.8, 4) is 17.2 Å². The van der Waals surface area contributed by atoms with Crippen molar-refractivity contribution in [2.24, 2.45) is 0 Å². The molecule has 5 nitrogen and oxygen atoms in total. The molecular formula is C20H23NO4. The molecule has 0 saturated heterocycles. The summed E-state index contributed by atoms with van der Waals surface area (Å²) in [5, 5.41) is 4.58. The van der Waals surface area contributed by atoms with Crippen molar-refractivity contribution in [1.29, 1.82) is 0 Å². The molecule has 132 valence electrons. The Morgan fingerprint density at radius 3 is 2.24 bits per heavy atom. The lowest BCUT2D eigenvalue weighted by Gasteiger charge is -2.16. The van der Waals surface area contributed by atoms with Gasteiger partial charge in [0.15, 0.2) is 11.5 Å². The van der Waals surface area contributed by atoms with Gasteiger partial charge in [0.25, 0.3) is 0 Å².